The van der Waals surface area contributed by atoms with E-state index in [1.165, 1.54) is 0 Å². The van der Waals surface area contributed by atoms with Crippen molar-refractivity contribution in [3.05, 3.63) is 0 Å². The topological polar surface area (TPSA) is 120 Å². The molecule has 0 radical (unpaired) electrons. The summed E-state index contributed by atoms with van der Waals surface area (Å²) in [5, 5.41) is 10.0. The van der Waals surface area contributed by atoms with Crippen LogP contribution in [0.2, 0.25) is 0 Å². The molecule has 0 unspecified atom stereocenters. The van der Waals surface area contributed by atoms with Crippen LogP contribution < -0.4 is 5.32 Å². The van der Waals surface area contributed by atoms with Crippen LogP contribution in [0.5, 0.6) is 0 Å². The molecule has 0 spiro atoms. The van der Waals surface area contributed by atoms with E-state index in [9.17, 15) is 13.9 Å². The van der Waals surface area contributed by atoms with E-state index in [0.717, 1.165) is 0 Å². The molecule has 0 heterocycles. The highest BCUT2D eigenvalue weighted by molar-refractivity contribution is 7.72. The maximum atomic E-state index is 13.0. The largest absolute Gasteiger partial charge is 0.480 e. The Morgan fingerprint density at radius 2 is 1.26 bits per heavy atom. The van der Waals surface area contributed by atoms with Crippen molar-refractivity contribution in [3.8, 4) is 0 Å². The van der Waals surface area contributed by atoms with Crippen LogP contribution in [0, 0.1) is 0 Å². The first-order valence-electron chi connectivity index (χ1n) is 7.49. The van der Waals surface area contributed by atoms with Crippen LogP contribution in [0.15, 0.2) is 0 Å². The molecule has 138 valence electrons. The number of aliphatic carboxylic acids is 1. The zero-order chi connectivity index (χ0) is 17.9. The number of carbonyl (C=O) groups is 1. The third kappa shape index (κ3) is 7.44. The maximum absolute atomic E-state index is 13.0. The Balaban J connectivity index is 5.59. The molecule has 0 aromatic heterocycles. The second kappa shape index (κ2) is 11.3. The van der Waals surface area contributed by atoms with E-state index in [1.807, 2.05) is 0 Å². The highest BCUT2D eigenvalue weighted by Crippen LogP contribution is 2.70. The number of carboxylic acid groups (broad SMARTS) is 1. The Labute approximate surface area is 137 Å². The summed E-state index contributed by atoms with van der Waals surface area (Å²) in [5.41, 5.74) is 0. The maximum Gasteiger partial charge on any atom is 0.347 e. The Hall–Kier alpha value is -0.270. The zero-order valence-electron chi connectivity index (χ0n) is 14.0. The Morgan fingerprint density at radius 1 is 0.913 bits per heavy atom. The van der Waals surface area contributed by atoms with Crippen LogP contribution in [-0.2, 0) is 32.0 Å². The minimum atomic E-state index is -3.84. The molecule has 0 amide bonds. The predicted molar refractivity (Wildman–Crippen MR) is 86.0 cm³/mol. The molecule has 0 fully saturated rings. The van der Waals surface area contributed by atoms with Gasteiger partial charge in [0.1, 0.15) is 0 Å². The van der Waals surface area contributed by atoms with Crippen LogP contribution in [0.3, 0.4) is 0 Å². The van der Waals surface area contributed by atoms with Crippen LogP contribution >= 0.6 is 15.2 Å². The summed E-state index contributed by atoms with van der Waals surface area (Å²) in [4.78, 5) is 10.7. The lowest BCUT2D eigenvalue weighted by Gasteiger charge is -2.31. The van der Waals surface area contributed by atoms with E-state index in [0.29, 0.717) is 0 Å². The van der Waals surface area contributed by atoms with Gasteiger partial charge in [-0.25, -0.2) is 0 Å². The first-order chi connectivity index (χ1) is 10.8. The summed E-state index contributed by atoms with van der Waals surface area (Å²) >= 11 is 0. The lowest BCUT2D eigenvalue weighted by atomic mass is 10.6. The van der Waals surface area contributed by atoms with Crippen molar-refractivity contribution in [2.75, 3.05) is 39.5 Å². The fraction of sp³-hybridized carbons (Fsp3) is 0.917. The quantitative estimate of drug-likeness (QED) is 0.441. The number of rotatable bonds is 14. The van der Waals surface area contributed by atoms with Gasteiger partial charge >= 0.3 is 21.2 Å². The molecule has 0 aromatic rings. The van der Waals surface area contributed by atoms with E-state index < -0.39 is 33.1 Å². The molecule has 23 heavy (non-hydrogen) atoms. The molecule has 0 saturated carbocycles. The molecule has 2 N–H and O–H groups in total. The summed E-state index contributed by atoms with van der Waals surface area (Å²) in [6.45, 7) is 6.19. The molecule has 0 atom stereocenters. The molecule has 0 aliphatic rings. The minimum Gasteiger partial charge on any atom is -0.480 e. The van der Waals surface area contributed by atoms with E-state index in [-0.39, 0.29) is 33.0 Å². The van der Waals surface area contributed by atoms with Crippen molar-refractivity contribution in [1.82, 2.24) is 5.32 Å². The van der Waals surface area contributed by atoms with Gasteiger partial charge in [0, 0.05) is 6.54 Å². The molecular weight excluding hydrogens is 348 g/mol. The summed E-state index contributed by atoms with van der Waals surface area (Å²) in [6, 6.07) is 0. The van der Waals surface area contributed by atoms with Crippen molar-refractivity contribution >= 4 is 21.2 Å². The van der Waals surface area contributed by atoms with Crippen LogP contribution in [0.25, 0.3) is 0 Å². The lowest BCUT2D eigenvalue weighted by Crippen LogP contribution is -2.33. The lowest BCUT2D eigenvalue weighted by molar-refractivity contribution is -0.135. The van der Waals surface area contributed by atoms with Crippen LogP contribution in [-0.4, -0.2) is 56.0 Å². The second-order valence-corrected chi connectivity index (χ2v) is 9.10. The molecule has 0 aromatic carbocycles. The van der Waals surface area contributed by atoms with Gasteiger partial charge in [0.25, 0.3) is 0 Å². The number of hydrogen-bond donors (Lipinski definition) is 2. The fourth-order valence-electron chi connectivity index (χ4n) is 1.84. The van der Waals surface area contributed by atoms with Gasteiger partial charge in [0.05, 0.1) is 33.0 Å². The molecule has 0 aliphatic heterocycles. The van der Waals surface area contributed by atoms with E-state index in [1.54, 1.807) is 27.7 Å². The predicted octanol–water partition coefficient (Wildman–Crippen LogP) is 2.52. The van der Waals surface area contributed by atoms with Gasteiger partial charge in [0.15, 0.2) is 5.40 Å². The first kappa shape index (κ1) is 22.7. The fourth-order valence-corrected chi connectivity index (χ4v) is 7.01. The molecule has 0 saturated heterocycles. The Kier molecular flexibility index (Phi) is 11.2. The summed E-state index contributed by atoms with van der Waals surface area (Å²) in [7, 11) is -7.68. The van der Waals surface area contributed by atoms with Crippen LogP contribution in [0.1, 0.15) is 27.7 Å². The molecule has 11 heteroatoms. The van der Waals surface area contributed by atoms with Crippen molar-refractivity contribution in [2.45, 2.75) is 33.1 Å². The van der Waals surface area contributed by atoms with Crippen molar-refractivity contribution in [2.24, 2.45) is 0 Å². The summed E-state index contributed by atoms with van der Waals surface area (Å²) < 4.78 is 47.0. The first-order valence-corrected chi connectivity index (χ1v) is 10.7. The molecular formula is C12H27NO8P2. The zero-order valence-corrected chi connectivity index (χ0v) is 15.8. The average molecular weight is 375 g/mol. The third-order valence-electron chi connectivity index (χ3n) is 2.57. The minimum absolute atomic E-state index is 0.0744. The van der Waals surface area contributed by atoms with E-state index >= 15 is 0 Å². The molecule has 0 aliphatic carbocycles. The Bertz CT molecular complexity index is 395. The standard InChI is InChI=1S/C12H27NO8P2/c1-5-18-22(16,19-6-2)12(10-13-9-11(14)15)23(17,20-7-3)21-8-4/h12-13H,5-10H2,1-4H3,(H,14,15). The Morgan fingerprint density at radius 3 is 1.52 bits per heavy atom. The van der Waals surface area contributed by atoms with Gasteiger partial charge in [-0.15, -0.1) is 0 Å². The second-order valence-electron chi connectivity index (χ2n) is 4.26. The number of hydrogen-bond acceptors (Lipinski definition) is 8. The average Bonchev–Trinajstić information content (AvgIpc) is 2.44. The smallest absolute Gasteiger partial charge is 0.347 e. The summed E-state index contributed by atoms with van der Waals surface area (Å²) in [6.07, 6.45) is 0. The van der Waals surface area contributed by atoms with Crippen molar-refractivity contribution < 1.29 is 37.1 Å². The summed E-state index contributed by atoms with van der Waals surface area (Å²) in [5.74, 6) is -1.10. The van der Waals surface area contributed by atoms with Gasteiger partial charge in [0.2, 0.25) is 0 Å². The third-order valence-corrected chi connectivity index (χ3v) is 8.56. The van der Waals surface area contributed by atoms with Crippen molar-refractivity contribution in [1.29, 1.82) is 0 Å². The van der Waals surface area contributed by atoms with E-state index in [2.05, 4.69) is 5.32 Å². The monoisotopic (exact) mass is 375 g/mol. The van der Waals surface area contributed by atoms with Crippen molar-refractivity contribution in [3.63, 3.8) is 0 Å². The SMILES string of the molecule is CCOP(=O)(OCC)C(CNCC(=O)O)P(=O)(OCC)OCC. The van der Waals surface area contributed by atoms with Crippen LogP contribution in [0.4, 0.5) is 0 Å². The highest BCUT2D eigenvalue weighted by Gasteiger charge is 2.50. The van der Waals surface area contributed by atoms with Gasteiger partial charge < -0.3 is 28.5 Å². The molecule has 0 bridgehead atoms. The normalized spacial score (nSPS) is 12.7. The van der Waals surface area contributed by atoms with Gasteiger partial charge in [-0.3, -0.25) is 13.9 Å². The van der Waals surface area contributed by atoms with Gasteiger partial charge in [-0.2, -0.15) is 0 Å². The van der Waals surface area contributed by atoms with E-state index in [4.69, 9.17) is 23.2 Å². The molecule has 0 rings (SSSR count). The number of carboxylic acids is 1. The number of nitrogens with one attached hydrogen (secondary N) is 1. The van der Waals surface area contributed by atoms with Gasteiger partial charge in [-0.1, -0.05) is 0 Å². The van der Waals surface area contributed by atoms with Gasteiger partial charge in [-0.05, 0) is 27.7 Å². The molecule has 9 nitrogen and oxygen atoms in total. The highest BCUT2D eigenvalue weighted by atomic mass is 31.2.